The largest absolute Gasteiger partial charge is 0.345 e. The molecule has 0 saturated carbocycles. The number of H-pyrrole nitrogens is 1. The first-order valence-electron chi connectivity index (χ1n) is 9.36. The predicted octanol–water partition coefficient (Wildman–Crippen LogP) is 4.51. The van der Waals surface area contributed by atoms with Crippen molar-refractivity contribution < 1.29 is 9.72 Å². The van der Waals surface area contributed by atoms with E-state index in [1.807, 2.05) is 10.3 Å². The number of hydrogen-bond donors (Lipinski definition) is 1. The van der Waals surface area contributed by atoms with Crippen molar-refractivity contribution in [1.29, 1.82) is 0 Å². The lowest BCUT2D eigenvalue weighted by molar-refractivity contribution is -0.384. The van der Waals surface area contributed by atoms with E-state index in [-0.39, 0.29) is 22.5 Å². The Hall–Kier alpha value is -3.04. The zero-order valence-electron chi connectivity index (χ0n) is 15.8. The third-order valence-electron chi connectivity index (χ3n) is 5.04. The highest BCUT2D eigenvalue weighted by atomic mass is 35.5. The second kappa shape index (κ2) is 8.76. The lowest BCUT2D eigenvalue weighted by Gasteiger charge is -2.30. The first kappa shape index (κ1) is 20.2. The summed E-state index contributed by atoms with van der Waals surface area (Å²) < 4.78 is 0. The first-order chi connectivity index (χ1) is 14.5. The smallest absolute Gasteiger partial charge is 0.288 e. The van der Waals surface area contributed by atoms with Crippen LogP contribution in [0.3, 0.4) is 0 Å². The summed E-state index contributed by atoms with van der Waals surface area (Å²) in [4.78, 5) is 36.4. The van der Waals surface area contributed by atoms with Gasteiger partial charge >= 0.3 is 0 Å². The molecule has 1 fully saturated rings. The number of carbonyl (C=O) groups is 1. The molecular weight excluding hydrogens is 426 g/mol. The van der Waals surface area contributed by atoms with E-state index in [0.29, 0.717) is 24.3 Å². The van der Waals surface area contributed by atoms with Crippen LogP contribution in [-0.2, 0) is 4.79 Å². The molecule has 0 bridgehead atoms. The molecular formula is C20H18ClN5O3S. The van der Waals surface area contributed by atoms with Gasteiger partial charge in [-0.05, 0) is 25.0 Å². The molecule has 0 spiro atoms. The van der Waals surface area contributed by atoms with Crippen molar-refractivity contribution >= 4 is 40.6 Å². The fourth-order valence-electron chi connectivity index (χ4n) is 3.39. The molecule has 1 aliphatic rings. The number of amides is 1. The molecule has 8 nitrogen and oxygen atoms in total. The van der Waals surface area contributed by atoms with E-state index >= 15 is 0 Å². The van der Waals surface area contributed by atoms with Crippen molar-refractivity contribution in [2.24, 2.45) is 0 Å². The fraction of sp³-hybridized carbons (Fsp3) is 0.250. The van der Waals surface area contributed by atoms with Gasteiger partial charge in [-0.2, -0.15) is 0 Å². The standard InChI is InChI=1S/C20H18ClN5O3S/c21-16-3-1-14(9-18(16)26(28)29)17-11-30-20(24-17)13-5-7-25(8-6-13)19(27)4-2-15-10-22-12-23-15/h1-4,9-13H,5-8H2,(H,22,23)/b4-2+. The van der Waals surface area contributed by atoms with Crippen molar-refractivity contribution in [3.63, 3.8) is 0 Å². The summed E-state index contributed by atoms with van der Waals surface area (Å²) in [5.74, 6) is 0.253. The molecule has 1 amide bonds. The van der Waals surface area contributed by atoms with Gasteiger partial charge in [0, 0.05) is 42.1 Å². The van der Waals surface area contributed by atoms with Gasteiger partial charge in [-0.25, -0.2) is 9.97 Å². The van der Waals surface area contributed by atoms with Gasteiger partial charge < -0.3 is 9.88 Å². The van der Waals surface area contributed by atoms with Gasteiger partial charge in [-0.3, -0.25) is 14.9 Å². The number of aromatic amines is 1. The molecule has 30 heavy (non-hydrogen) atoms. The molecule has 3 heterocycles. The number of halogens is 1. The third kappa shape index (κ3) is 4.42. The Kier molecular flexibility index (Phi) is 5.91. The lowest BCUT2D eigenvalue weighted by atomic mass is 9.97. The average Bonchev–Trinajstić information content (AvgIpc) is 3.44. The van der Waals surface area contributed by atoms with Crippen LogP contribution >= 0.6 is 22.9 Å². The number of benzene rings is 1. The van der Waals surface area contributed by atoms with Gasteiger partial charge in [0.1, 0.15) is 5.02 Å². The Morgan fingerprint density at radius 2 is 2.17 bits per heavy atom. The van der Waals surface area contributed by atoms with Crippen LogP contribution in [0.2, 0.25) is 5.02 Å². The van der Waals surface area contributed by atoms with Gasteiger partial charge in [-0.15, -0.1) is 11.3 Å². The number of piperidine rings is 1. The maximum absolute atomic E-state index is 12.4. The SMILES string of the molecule is O=C(/C=C/c1cnc[nH]1)N1CCC(c2nc(-c3ccc(Cl)c([N+](=O)[O-])c3)cs2)CC1. The molecule has 0 unspecified atom stereocenters. The summed E-state index contributed by atoms with van der Waals surface area (Å²) in [5, 5.41) is 14.1. The topological polar surface area (TPSA) is 105 Å². The number of nitrogens with zero attached hydrogens (tertiary/aromatic N) is 4. The fourth-order valence-corrected chi connectivity index (χ4v) is 4.58. The molecule has 0 radical (unpaired) electrons. The van der Waals surface area contributed by atoms with Crippen molar-refractivity contribution in [2.45, 2.75) is 18.8 Å². The molecule has 0 aliphatic carbocycles. The van der Waals surface area contributed by atoms with E-state index < -0.39 is 4.92 Å². The molecule has 1 aromatic carbocycles. The van der Waals surface area contributed by atoms with Crippen LogP contribution in [0.15, 0.2) is 42.2 Å². The second-order valence-electron chi connectivity index (χ2n) is 6.93. The highest BCUT2D eigenvalue weighted by molar-refractivity contribution is 7.10. The maximum atomic E-state index is 12.4. The molecule has 154 valence electrons. The normalized spacial score (nSPS) is 15.0. The highest BCUT2D eigenvalue weighted by Gasteiger charge is 2.25. The number of nitrogens with one attached hydrogen (secondary N) is 1. The summed E-state index contributed by atoms with van der Waals surface area (Å²) >= 11 is 7.44. The Morgan fingerprint density at radius 1 is 1.37 bits per heavy atom. The summed E-state index contributed by atoms with van der Waals surface area (Å²) in [6.45, 7) is 1.33. The first-order valence-corrected chi connectivity index (χ1v) is 10.6. The number of carbonyl (C=O) groups excluding carboxylic acids is 1. The summed E-state index contributed by atoms with van der Waals surface area (Å²) in [6, 6.07) is 4.71. The highest BCUT2D eigenvalue weighted by Crippen LogP contribution is 2.35. The number of hydrogen-bond acceptors (Lipinski definition) is 6. The molecule has 10 heteroatoms. The number of rotatable bonds is 5. The van der Waals surface area contributed by atoms with E-state index in [1.165, 1.54) is 12.1 Å². The van der Waals surface area contributed by atoms with E-state index in [2.05, 4.69) is 9.97 Å². The zero-order chi connectivity index (χ0) is 21.1. The Morgan fingerprint density at radius 3 is 2.87 bits per heavy atom. The van der Waals surface area contributed by atoms with Crippen molar-refractivity contribution in [3.05, 3.63) is 68.0 Å². The number of nitro benzene ring substituents is 1. The van der Waals surface area contributed by atoms with Crippen LogP contribution in [0.5, 0.6) is 0 Å². The lowest BCUT2D eigenvalue weighted by Crippen LogP contribution is -2.36. The van der Waals surface area contributed by atoms with Crippen LogP contribution in [0.4, 0.5) is 5.69 Å². The van der Waals surface area contributed by atoms with E-state index in [0.717, 1.165) is 23.5 Å². The van der Waals surface area contributed by atoms with Crippen LogP contribution < -0.4 is 0 Å². The van der Waals surface area contributed by atoms with Crippen LogP contribution in [0.25, 0.3) is 17.3 Å². The predicted molar refractivity (Wildman–Crippen MR) is 115 cm³/mol. The summed E-state index contributed by atoms with van der Waals surface area (Å²) in [6.07, 6.45) is 8.17. The molecule has 3 aromatic rings. The Balaban J connectivity index is 1.39. The van der Waals surface area contributed by atoms with Gasteiger partial charge in [0.15, 0.2) is 0 Å². The van der Waals surface area contributed by atoms with E-state index in [1.54, 1.807) is 42.1 Å². The molecule has 1 N–H and O–H groups in total. The number of likely N-dealkylation sites (tertiary alicyclic amines) is 1. The minimum atomic E-state index is -0.493. The second-order valence-corrected chi connectivity index (χ2v) is 8.23. The minimum Gasteiger partial charge on any atom is -0.345 e. The van der Waals surface area contributed by atoms with Gasteiger partial charge in [0.2, 0.25) is 5.91 Å². The Bertz CT molecular complexity index is 1090. The molecule has 4 rings (SSSR count). The minimum absolute atomic E-state index is 0.0173. The average molecular weight is 444 g/mol. The van der Waals surface area contributed by atoms with Crippen molar-refractivity contribution in [1.82, 2.24) is 19.9 Å². The van der Waals surface area contributed by atoms with Crippen LogP contribution in [0, 0.1) is 10.1 Å². The quantitative estimate of drug-likeness (QED) is 0.354. The van der Waals surface area contributed by atoms with Crippen molar-refractivity contribution in [3.8, 4) is 11.3 Å². The third-order valence-corrected chi connectivity index (χ3v) is 6.37. The van der Waals surface area contributed by atoms with Gasteiger partial charge in [-0.1, -0.05) is 17.7 Å². The van der Waals surface area contributed by atoms with Crippen molar-refractivity contribution in [2.75, 3.05) is 13.1 Å². The monoisotopic (exact) mass is 443 g/mol. The van der Waals surface area contributed by atoms with Gasteiger partial charge in [0.05, 0.1) is 33.8 Å². The number of aromatic nitrogens is 3. The van der Waals surface area contributed by atoms with E-state index in [9.17, 15) is 14.9 Å². The number of imidazole rings is 1. The summed E-state index contributed by atoms with van der Waals surface area (Å²) in [7, 11) is 0. The number of nitro groups is 1. The van der Waals surface area contributed by atoms with E-state index in [4.69, 9.17) is 16.6 Å². The molecule has 1 saturated heterocycles. The zero-order valence-corrected chi connectivity index (χ0v) is 17.4. The van der Waals surface area contributed by atoms with Crippen LogP contribution in [0.1, 0.15) is 29.5 Å². The molecule has 0 atom stereocenters. The molecule has 2 aromatic heterocycles. The summed E-state index contributed by atoms with van der Waals surface area (Å²) in [5.41, 5.74) is 2.04. The van der Waals surface area contributed by atoms with Crippen LogP contribution in [-0.4, -0.2) is 43.8 Å². The molecule has 1 aliphatic heterocycles. The number of thiazole rings is 1. The maximum Gasteiger partial charge on any atom is 0.288 e. The van der Waals surface area contributed by atoms with Gasteiger partial charge in [0.25, 0.3) is 5.69 Å². The Labute approximate surface area is 181 Å².